The predicted octanol–water partition coefficient (Wildman–Crippen LogP) is -3.53. The second-order valence-electron chi connectivity index (χ2n) is 3.12. The van der Waals surface area contributed by atoms with Crippen LogP contribution < -0.4 is 10.2 Å². The molecule has 21 heavy (non-hydrogen) atoms. The Labute approximate surface area is 130 Å². The molecule has 0 aromatic heterocycles. The summed E-state index contributed by atoms with van der Waals surface area (Å²) in [5, 5.41) is 19.2. The Morgan fingerprint density at radius 2 is 0.905 bits per heavy atom. The van der Waals surface area contributed by atoms with Crippen molar-refractivity contribution >= 4 is 35.1 Å². The minimum atomic E-state index is -1.96. The molecule has 0 radical (unpaired) electrons. The Morgan fingerprint density at radius 3 is 1.05 bits per heavy atom. The van der Waals surface area contributed by atoms with Crippen molar-refractivity contribution in [2.75, 3.05) is 13.3 Å². The SMILES string of the molecule is O=C(CF)CC(=O)C(=O)[O-].O=C(CF)CC(=O)C(=O)[O-].[Pd+2]. The molecule has 8 nitrogen and oxygen atoms in total. The maximum absolute atomic E-state index is 11.3. The zero-order valence-electron chi connectivity index (χ0n) is 10.2. The van der Waals surface area contributed by atoms with Crippen molar-refractivity contribution in [3.05, 3.63) is 0 Å². The fraction of sp³-hybridized carbons (Fsp3) is 0.400. The molecule has 0 aromatic carbocycles. The molecule has 0 saturated heterocycles. The van der Waals surface area contributed by atoms with E-state index in [0.29, 0.717) is 0 Å². The van der Waals surface area contributed by atoms with E-state index in [1.807, 2.05) is 0 Å². The van der Waals surface area contributed by atoms with Crippen molar-refractivity contribution in [3.63, 3.8) is 0 Å². The second-order valence-corrected chi connectivity index (χ2v) is 3.12. The first-order chi connectivity index (χ1) is 9.15. The van der Waals surface area contributed by atoms with Crippen LogP contribution >= 0.6 is 0 Å². The summed E-state index contributed by atoms with van der Waals surface area (Å²) < 4.78 is 22.6. The summed E-state index contributed by atoms with van der Waals surface area (Å²) in [5.74, 6) is -8.78. The molecule has 11 heteroatoms. The van der Waals surface area contributed by atoms with Crippen LogP contribution in [0.3, 0.4) is 0 Å². The third-order valence-electron chi connectivity index (χ3n) is 1.47. The first kappa shape index (κ1) is 24.2. The van der Waals surface area contributed by atoms with E-state index >= 15 is 0 Å². The van der Waals surface area contributed by atoms with E-state index in [4.69, 9.17) is 0 Å². The monoisotopic (exact) mass is 400 g/mol. The summed E-state index contributed by atoms with van der Waals surface area (Å²) in [6, 6.07) is 0. The molecular weight excluding hydrogens is 393 g/mol. The summed E-state index contributed by atoms with van der Waals surface area (Å²) in [5.41, 5.74) is 0. The van der Waals surface area contributed by atoms with Gasteiger partial charge in [0, 0.05) is 0 Å². The number of alkyl halides is 2. The van der Waals surface area contributed by atoms with Gasteiger partial charge in [-0.1, -0.05) is 0 Å². The van der Waals surface area contributed by atoms with Crippen molar-refractivity contribution < 1.29 is 68.2 Å². The van der Waals surface area contributed by atoms with Crippen LogP contribution in [0.25, 0.3) is 0 Å². The zero-order valence-corrected chi connectivity index (χ0v) is 11.7. The molecule has 0 heterocycles. The van der Waals surface area contributed by atoms with E-state index in [-0.39, 0.29) is 20.4 Å². The summed E-state index contributed by atoms with van der Waals surface area (Å²) in [7, 11) is 0. The molecule has 0 spiro atoms. The van der Waals surface area contributed by atoms with Gasteiger partial charge in [-0.2, -0.15) is 0 Å². The van der Waals surface area contributed by atoms with Crippen LogP contribution in [-0.2, 0) is 49.2 Å². The molecule has 0 unspecified atom stereocenters. The molecule has 0 saturated carbocycles. The van der Waals surface area contributed by atoms with Crippen LogP contribution in [-0.4, -0.2) is 48.4 Å². The third-order valence-corrected chi connectivity index (χ3v) is 1.47. The Balaban J connectivity index is -0.000000295. The van der Waals surface area contributed by atoms with Gasteiger partial charge in [0.05, 0.1) is 12.8 Å². The number of ketones is 4. The van der Waals surface area contributed by atoms with Gasteiger partial charge in [-0.15, -0.1) is 0 Å². The number of rotatable bonds is 8. The van der Waals surface area contributed by atoms with Crippen LogP contribution in [0, 0.1) is 0 Å². The number of aliphatic carboxylic acids is 2. The van der Waals surface area contributed by atoms with Crippen LogP contribution in [0.5, 0.6) is 0 Å². The molecule has 0 bridgehead atoms. The smallest absolute Gasteiger partial charge is 0.542 e. The molecule has 0 N–H and O–H groups in total. The number of carboxylic acids is 2. The molecule has 0 aromatic rings. The molecule has 120 valence electrons. The fourth-order valence-electron chi connectivity index (χ4n) is 0.597. The molecular formula is C10H8F2O8Pd. The van der Waals surface area contributed by atoms with Gasteiger partial charge < -0.3 is 19.8 Å². The van der Waals surface area contributed by atoms with Gasteiger partial charge in [0.1, 0.15) is 25.3 Å². The first-order valence-corrected chi connectivity index (χ1v) is 4.79. The van der Waals surface area contributed by atoms with Crippen LogP contribution in [0.1, 0.15) is 12.8 Å². The van der Waals surface area contributed by atoms with E-state index in [1.54, 1.807) is 0 Å². The van der Waals surface area contributed by atoms with Gasteiger partial charge in [-0.25, -0.2) is 8.78 Å². The number of carbonyl (C=O) groups is 6. The Kier molecular flexibility index (Phi) is 15.1. The summed E-state index contributed by atoms with van der Waals surface area (Å²) in [6.07, 6.45) is -1.84. The summed E-state index contributed by atoms with van der Waals surface area (Å²) >= 11 is 0. The van der Waals surface area contributed by atoms with Crippen LogP contribution in [0.15, 0.2) is 0 Å². The van der Waals surface area contributed by atoms with Gasteiger partial charge >= 0.3 is 20.4 Å². The van der Waals surface area contributed by atoms with Gasteiger partial charge in [0.15, 0.2) is 23.1 Å². The van der Waals surface area contributed by atoms with Crippen molar-refractivity contribution in [2.45, 2.75) is 12.8 Å². The average molecular weight is 401 g/mol. The fourth-order valence-corrected chi connectivity index (χ4v) is 0.597. The van der Waals surface area contributed by atoms with Crippen molar-refractivity contribution in [1.29, 1.82) is 0 Å². The van der Waals surface area contributed by atoms with E-state index in [9.17, 15) is 47.8 Å². The number of hydrogen-bond acceptors (Lipinski definition) is 8. The van der Waals surface area contributed by atoms with E-state index < -0.39 is 61.3 Å². The zero-order chi connectivity index (χ0) is 16.3. The van der Waals surface area contributed by atoms with Gasteiger partial charge in [0.25, 0.3) is 0 Å². The molecule has 0 atom stereocenters. The predicted molar refractivity (Wildman–Crippen MR) is 51.2 cm³/mol. The molecule has 0 aliphatic rings. The minimum absolute atomic E-state index is 0. The summed E-state index contributed by atoms with van der Waals surface area (Å²) in [4.78, 5) is 59.4. The second kappa shape index (κ2) is 13.1. The van der Waals surface area contributed by atoms with E-state index in [1.165, 1.54) is 0 Å². The Morgan fingerprint density at radius 1 is 0.667 bits per heavy atom. The summed E-state index contributed by atoms with van der Waals surface area (Å²) in [6.45, 7) is -2.64. The largest absolute Gasteiger partial charge is 2.00 e. The molecule has 0 rings (SSSR count). The number of carboxylic acid groups (broad SMARTS) is 2. The number of hydrogen-bond donors (Lipinski definition) is 0. The van der Waals surface area contributed by atoms with Crippen molar-refractivity contribution in [2.24, 2.45) is 0 Å². The van der Waals surface area contributed by atoms with Crippen molar-refractivity contribution in [1.82, 2.24) is 0 Å². The van der Waals surface area contributed by atoms with Crippen LogP contribution in [0.4, 0.5) is 8.78 Å². The quantitative estimate of drug-likeness (QED) is 0.231. The standard InChI is InChI=1S/2C5H5FO4.Pd/c2*6-2-3(7)1-4(8)5(9)10;/h2*1-2H2,(H,9,10);/q;;+2/p-2. The Hall–Kier alpha value is -1.86. The van der Waals surface area contributed by atoms with Gasteiger partial charge in [-0.05, 0) is 0 Å². The maximum Gasteiger partial charge on any atom is 2.00 e. The molecule has 0 aliphatic heterocycles. The topological polar surface area (TPSA) is 149 Å². The Bertz CT molecular complexity index is 395. The number of halogens is 2. The van der Waals surface area contributed by atoms with E-state index in [0.717, 1.165) is 0 Å². The molecule has 0 aliphatic carbocycles. The molecule has 0 amide bonds. The average Bonchev–Trinajstić information content (AvgIpc) is 2.38. The third kappa shape index (κ3) is 14.4. The number of carbonyl (C=O) groups excluding carboxylic acids is 6. The van der Waals surface area contributed by atoms with Crippen LogP contribution in [0.2, 0.25) is 0 Å². The van der Waals surface area contributed by atoms with Gasteiger partial charge in [0.2, 0.25) is 0 Å². The molecule has 0 fully saturated rings. The maximum atomic E-state index is 11.3. The van der Waals surface area contributed by atoms with Gasteiger partial charge in [-0.3, -0.25) is 19.2 Å². The van der Waals surface area contributed by atoms with E-state index in [2.05, 4.69) is 0 Å². The van der Waals surface area contributed by atoms with Crippen molar-refractivity contribution in [3.8, 4) is 0 Å². The minimum Gasteiger partial charge on any atom is -0.542 e. The first-order valence-electron chi connectivity index (χ1n) is 4.79. The number of Topliss-reactive ketones (excluding diaryl/α,β-unsaturated/α-hetero) is 4. The normalized spacial score (nSPS) is 8.48.